The number of hydrogen-bond donors (Lipinski definition) is 2. The third kappa shape index (κ3) is 2.81. The quantitative estimate of drug-likeness (QED) is 0.874. The minimum atomic E-state index is -1.11. The molecule has 5 heteroatoms. The van der Waals surface area contributed by atoms with Crippen LogP contribution in [0, 0.1) is 5.82 Å². The first-order chi connectivity index (χ1) is 8.99. The van der Waals surface area contributed by atoms with E-state index in [2.05, 4.69) is 0 Å². The number of carbonyl (C=O) groups is 2. The molecule has 1 aliphatic carbocycles. The number of carbonyl (C=O) groups excluding carboxylic acids is 1. The lowest BCUT2D eigenvalue weighted by Gasteiger charge is -2.24. The van der Waals surface area contributed by atoms with Crippen LogP contribution in [0.4, 0.5) is 4.39 Å². The Balaban J connectivity index is 2.28. The molecule has 0 radical (unpaired) electrons. The Bertz CT molecular complexity index is 548. The summed E-state index contributed by atoms with van der Waals surface area (Å²) in [7, 11) is 0. The summed E-state index contributed by atoms with van der Waals surface area (Å²) in [5, 5.41) is 9.14. The molecule has 0 heterocycles. The van der Waals surface area contributed by atoms with E-state index in [9.17, 15) is 14.0 Å². The topological polar surface area (TPSA) is 80.4 Å². The zero-order valence-electron chi connectivity index (χ0n) is 10.2. The number of benzene rings is 1. The summed E-state index contributed by atoms with van der Waals surface area (Å²) in [6, 6.07) is 6.00. The summed E-state index contributed by atoms with van der Waals surface area (Å²) in [5.74, 6) is -2.13. The fourth-order valence-corrected chi connectivity index (χ4v) is 2.45. The maximum atomic E-state index is 12.9. The molecule has 19 heavy (non-hydrogen) atoms. The molecule has 1 atom stereocenters. The number of aliphatic carboxylic acids is 1. The Morgan fingerprint density at radius 3 is 2.37 bits per heavy atom. The molecule has 0 aromatic heterocycles. The summed E-state index contributed by atoms with van der Waals surface area (Å²) >= 11 is 0. The van der Waals surface area contributed by atoms with Crippen LogP contribution in [0.25, 0.3) is 0 Å². The van der Waals surface area contributed by atoms with Gasteiger partial charge in [0.05, 0.1) is 0 Å². The zero-order valence-corrected chi connectivity index (χ0v) is 10.2. The van der Waals surface area contributed by atoms with E-state index in [0.717, 1.165) is 5.56 Å². The minimum absolute atomic E-state index is 0.0187. The predicted molar refractivity (Wildman–Crippen MR) is 66.8 cm³/mol. The van der Waals surface area contributed by atoms with E-state index in [1.165, 1.54) is 12.1 Å². The summed E-state index contributed by atoms with van der Waals surface area (Å²) in [6.45, 7) is 0. The Labute approximate surface area is 109 Å². The molecule has 1 aromatic carbocycles. The van der Waals surface area contributed by atoms with Gasteiger partial charge in [0.25, 0.3) is 0 Å². The number of halogens is 1. The molecule has 1 aliphatic rings. The second-order valence-electron chi connectivity index (χ2n) is 4.62. The lowest BCUT2D eigenvalue weighted by molar-refractivity contribution is -0.133. The van der Waals surface area contributed by atoms with Crippen molar-refractivity contribution in [2.24, 2.45) is 5.73 Å². The molecule has 0 saturated carbocycles. The minimum Gasteiger partial charge on any atom is -0.478 e. The van der Waals surface area contributed by atoms with Crippen LogP contribution < -0.4 is 5.73 Å². The van der Waals surface area contributed by atoms with Crippen LogP contribution >= 0.6 is 0 Å². The summed E-state index contributed by atoms with van der Waals surface area (Å²) in [6.07, 6.45) is 1.24. The number of primary amides is 1. The maximum Gasteiger partial charge on any atom is 0.332 e. The van der Waals surface area contributed by atoms with Crippen molar-refractivity contribution in [2.45, 2.75) is 25.2 Å². The third-order valence-corrected chi connectivity index (χ3v) is 3.45. The molecule has 1 amide bonds. The van der Waals surface area contributed by atoms with Crippen LogP contribution in [0.2, 0.25) is 0 Å². The van der Waals surface area contributed by atoms with Crippen molar-refractivity contribution in [1.82, 2.24) is 0 Å². The largest absolute Gasteiger partial charge is 0.478 e. The maximum absolute atomic E-state index is 12.9. The summed E-state index contributed by atoms with van der Waals surface area (Å²) in [4.78, 5) is 22.4. The molecular formula is C14H14FNO3. The Hall–Kier alpha value is -2.17. The van der Waals surface area contributed by atoms with Gasteiger partial charge in [-0.1, -0.05) is 12.1 Å². The molecule has 100 valence electrons. The highest BCUT2D eigenvalue weighted by Gasteiger charge is 2.28. The Morgan fingerprint density at radius 2 is 1.84 bits per heavy atom. The van der Waals surface area contributed by atoms with E-state index in [1.807, 2.05) is 0 Å². The standard InChI is InChI=1S/C14H14FNO3/c15-10-4-1-8(2-5-10)9-3-6-11(13(16)17)12(7-9)14(18)19/h1-2,4-5,9H,3,6-7H2,(H2,16,17)(H,18,19). The van der Waals surface area contributed by atoms with Gasteiger partial charge in [-0.2, -0.15) is 0 Å². The van der Waals surface area contributed by atoms with Crippen LogP contribution in [-0.4, -0.2) is 17.0 Å². The lowest BCUT2D eigenvalue weighted by atomic mass is 9.80. The van der Waals surface area contributed by atoms with E-state index in [0.29, 0.717) is 12.8 Å². The van der Waals surface area contributed by atoms with Crippen LogP contribution in [0.1, 0.15) is 30.7 Å². The second kappa shape index (κ2) is 5.22. The van der Waals surface area contributed by atoms with E-state index in [4.69, 9.17) is 10.8 Å². The molecule has 0 saturated heterocycles. The van der Waals surface area contributed by atoms with E-state index in [-0.39, 0.29) is 29.3 Å². The predicted octanol–water partition coefficient (Wildman–Crippen LogP) is 1.96. The van der Waals surface area contributed by atoms with Gasteiger partial charge in [0.1, 0.15) is 5.82 Å². The number of rotatable bonds is 3. The number of hydrogen-bond acceptors (Lipinski definition) is 2. The summed E-state index contributed by atoms with van der Waals surface area (Å²) in [5.41, 5.74) is 6.34. The highest BCUT2D eigenvalue weighted by molar-refractivity contribution is 6.01. The van der Waals surface area contributed by atoms with Crippen molar-refractivity contribution < 1.29 is 19.1 Å². The van der Waals surface area contributed by atoms with Gasteiger partial charge in [0.2, 0.25) is 5.91 Å². The zero-order chi connectivity index (χ0) is 14.0. The number of amides is 1. The van der Waals surface area contributed by atoms with Crippen molar-refractivity contribution >= 4 is 11.9 Å². The average molecular weight is 263 g/mol. The number of nitrogens with two attached hydrogens (primary N) is 1. The van der Waals surface area contributed by atoms with Gasteiger partial charge in [0, 0.05) is 11.1 Å². The monoisotopic (exact) mass is 263 g/mol. The Kier molecular flexibility index (Phi) is 3.64. The summed E-state index contributed by atoms with van der Waals surface area (Å²) < 4.78 is 12.9. The van der Waals surface area contributed by atoms with Crippen molar-refractivity contribution in [1.29, 1.82) is 0 Å². The molecular weight excluding hydrogens is 249 g/mol. The molecule has 0 spiro atoms. The fraction of sp³-hybridized carbons (Fsp3) is 0.286. The van der Waals surface area contributed by atoms with Gasteiger partial charge in [-0.15, -0.1) is 0 Å². The van der Waals surface area contributed by atoms with Crippen molar-refractivity contribution in [3.05, 3.63) is 46.8 Å². The van der Waals surface area contributed by atoms with E-state index >= 15 is 0 Å². The molecule has 0 bridgehead atoms. The van der Waals surface area contributed by atoms with Gasteiger partial charge in [0.15, 0.2) is 0 Å². The first kappa shape index (κ1) is 13.3. The Morgan fingerprint density at radius 1 is 1.21 bits per heavy atom. The van der Waals surface area contributed by atoms with Gasteiger partial charge < -0.3 is 10.8 Å². The molecule has 2 rings (SSSR count). The first-order valence-corrected chi connectivity index (χ1v) is 5.99. The normalized spacial score (nSPS) is 19.3. The van der Waals surface area contributed by atoms with Crippen molar-refractivity contribution in [3.63, 3.8) is 0 Å². The highest BCUT2D eigenvalue weighted by Crippen LogP contribution is 2.36. The van der Waals surface area contributed by atoms with Gasteiger partial charge in [-0.25, -0.2) is 9.18 Å². The second-order valence-corrected chi connectivity index (χ2v) is 4.62. The highest BCUT2D eigenvalue weighted by atomic mass is 19.1. The molecule has 1 unspecified atom stereocenters. The van der Waals surface area contributed by atoms with Crippen LogP contribution in [0.5, 0.6) is 0 Å². The van der Waals surface area contributed by atoms with Crippen LogP contribution in [0.15, 0.2) is 35.4 Å². The van der Waals surface area contributed by atoms with Crippen molar-refractivity contribution in [2.75, 3.05) is 0 Å². The van der Waals surface area contributed by atoms with Gasteiger partial charge >= 0.3 is 5.97 Å². The molecule has 0 aliphatic heterocycles. The van der Waals surface area contributed by atoms with Gasteiger partial charge in [-0.3, -0.25) is 4.79 Å². The fourth-order valence-electron chi connectivity index (χ4n) is 2.45. The number of carboxylic acid groups (broad SMARTS) is 1. The molecule has 0 fully saturated rings. The van der Waals surface area contributed by atoms with Crippen LogP contribution in [-0.2, 0) is 9.59 Å². The smallest absolute Gasteiger partial charge is 0.332 e. The average Bonchev–Trinajstić information content (AvgIpc) is 2.38. The van der Waals surface area contributed by atoms with E-state index < -0.39 is 11.9 Å². The van der Waals surface area contributed by atoms with Crippen LogP contribution in [0.3, 0.4) is 0 Å². The lowest BCUT2D eigenvalue weighted by Crippen LogP contribution is -2.24. The van der Waals surface area contributed by atoms with E-state index in [1.54, 1.807) is 12.1 Å². The first-order valence-electron chi connectivity index (χ1n) is 5.99. The number of carboxylic acids is 1. The van der Waals surface area contributed by atoms with Gasteiger partial charge in [-0.05, 0) is 42.9 Å². The molecule has 4 nitrogen and oxygen atoms in total. The molecule has 3 N–H and O–H groups in total. The van der Waals surface area contributed by atoms with Crippen molar-refractivity contribution in [3.8, 4) is 0 Å². The SMILES string of the molecule is NC(=O)C1=C(C(=O)O)CC(c2ccc(F)cc2)CC1. The third-order valence-electron chi connectivity index (χ3n) is 3.45. The molecule has 1 aromatic rings.